The second-order valence-electron chi connectivity index (χ2n) is 3.88. The summed E-state index contributed by atoms with van der Waals surface area (Å²) >= 11 is 0. The van der Waals surface area contributed by atoms with Gasteiger partial charge in [-0.25, -0.2) is 0 Å². The molecule has 1 aromatic rings. The molecule has 76 valence electrons. The molecule has 1 aliphatic carbocycles. The molecule has 2 nitrogen and oxygen atoms in total. The van der Waals surface area contributed by atoms with Gasteiger partial charge in [0.2, 0.25) is 0 Å². The standard InChI is InChI=1S/C12H17NO/c1-13-12(9-3-4-9)10-5-7-11(14-2)8-6-10/h5-9,12-13H,3-4H2,1-2H3/t12-/m0/s1. The molecule has 1 N–H and O–H groups in total. The van der Waals surface area contributed by atoms with Gasteiger partial charge in [0.15, 0.2) is 0 Å². The van der Waals surface area contributed by atoms with Gasteiger partial charge in [-0.3, -0.25) is 0 Å². The predicted octanol–water partition coefficient (Wildman–Crippen LogP) is 2.37. The van der Waals surface area contributed by atoms with Crippen LogP contribution in [0, 0.1) is 5.92 Å². The summed E-state index contributed by atoms with van der Waals surface area (Å²) in [5.41, 5.74) is 1.37. The maximum Gasteiger partial charge on any atom is 0.118 e. The maximum absolute atomic E-state index is 5.14. The Labute approximate surface area is 85.3 Å². The van der Waals surface area contributed by atoms with Crippen LogP contribution < -0.4 is 10.1 Å². The number of ether oxygens (including phenoxy) is 1. The zero-order valence-corrected chi connectivity index (χ0v) is 8.79. The van der Waals surface area contributed by atoms with Crippen molar-refractivity contribution in [3.05, 3.63) is 29.8 Å². The molecule has 1 fully saturated rings. The number of rotatable bonds is 4. The molecule has 1 atom stereocenters. The molecule has 14 heavy (non-hydrogen) atoms. The third-order valence-corrected chi connectivity index (χ3v) is 2.88. The second kappa shape index (κ2) is 4.01. The van der Waals surface area contributed by atoms with E-state index >= 15 is 0 Å². The summed E-state index contributed by atoms with van der Waals surface area (Å²) in [6.45, 7) is 0. The van der Waals surface area contributed by atoms with Crippen LogP contribution >= 0.6 is 0 Å². The van der Waals surface area contributed by atoms with E-state index in [-0.39, 0.29) is 0 Å². The first-order chi connectivity index (χ1) is 6.85. The third kappa shape index (κ3) is 1.90. The highest BCUT2D eigenvalue weighted by Crippen LogP contribution is 2.40. The minimum absolute atomic E-state index is 0.529. The summed E-state index contributed by atoms with van der Waals surface area (Å²) in [7, 11) is 3.73. The van der Waals surface area contributed by atoms with E-state index in [1.807, 2.05) is 19.2 Å². The number of hydrogen-bond donors (Lipinski definition) is 1. The van der Waals surface area contributed by atoms with Crippen LogP contribution in [0.1, 0.15) is 24.4 Å². The Hall–Kier alpha value is -1.02. The van der Waals surface area contributed by atoms with Gasteiger partial charge >= 0.3 is 0 Å². The van der Waals surface area contributed by atoms with Crippen LogP contribution in [0.4, 0.5) is 0 Å². The maximum atomic E-state index is 5.14. The average molecular weight is 191 g/mol. The molecule has 0 unspecified atom stereocenters. The first-order valence-electron chi connectivity index (χ1n) is 5.16. The average Bonchev–Trinajstić information content (AvgIpc) is 3.04. The van der Waals surface area contributed by atoms with Crippen LogP contribution in [0.2, 0.25) is 0 Å². The van der Waals surface area contributed by atoms with Crippen molar-refractivity contribution in [2.75, 3.05) is 14.2 Å². The topological polar surface area (TPSA) is 21.3 Å². The van der Waals surface area contributed by atoms with E-state index < -0.39 is 0 Å². The molecule has 0 radical (unpaired) electrons. The van der Waals surface area contributed by atoms with Gasteiger partial charge in [0, 0.05) is 6.04 Å². The highest BCUT2D eigenvalue weighted by Gasteiger charge is 2.30. The summed E-state index contributed by atoms with van der Waals surface area (Å²) in [5.74, 6) is 1.77. The Morgan fingerprint density at radius 2 is 1.93 bits per heavy atom. The molecule has 2 heteroatoms. The molecule has 0 saturated heterocycles. The molecule has 0 spiro atoms. The fraction of sp³-hybridized carbons (Fsp3) is 0.500. The van der Waals surface area contributed by atoms with Crippen molar-refractivity contribution in [3.63, 3.8) is 0 Å². The van der Waals surface area contributed by atoms with Crippen LogP contribution in [0.5, 0.6) is 5.75 Å². The minimum Gasteiger partial charge on any atom is -0.497 e. The van der Waals surface area contributed by atoms with Crippen molar-refractivity contribution in [1.82, 2.24) is 5.32 Å². The van der Waals surface area contributed by atoms with Gasteiger partial charge < -0.3 is 10.1 Å². The quantitative estimate of drug-likeness (QED) is 0.789. The van der Waals surface area contributed by atoms with Crippen LogP contribution in [0.15, 0.2) is 24.3 Å². The van der Waals surface area contributed by atoms with Crippen LogP contribution in [0.3, 0.4) is 0 Å². The van der Waals surface area contributed by atoms with Gasteiger partial charge in [-0.1, -0.05) is 12.1 Å². The fourth-order valence-corrected chi connectivity index (χ4v) is 1.92. The zero-order valence-electron chi connectivity index (χ0n) is 8.79. The van der Waals surface area contributed by atoms with E-state index in [2.05, 4.69) is 17.4 Å². The van der Waals surface area contributed by atoms with Crippen molar-refractivity contribution < 1.29 is 4.74 Å². The summed E-state index contributed by atoms with van der Waals surface area (Å²) in [6.07, 6.45) is 2.72. The molecular formula is C12H17NO. The molecule has 0 bridgehead atoms. The lowest BCUT2D eigenvalue weighted by atomic mass is 10.0. The smallest absolute Gasteiger partial charge is 0.118 e. The van der Waals surface area contributed by atoms with Gasteiger partial charge in [-0.15, -0.1) is 0 Å². The molecule has 0 aliphatic heterocycles. The molecule has 0 amide bonds. The highest BCUT2D eigenvalue weighted by molar-refractivity contribution is 5.30. The molecule has 0 aromatic heterocycles. The normalized spacial score (nSPS) is 17.9. The summed E-state index contributed by atoms with van der Waals surface area (Å²) in [6, 6.07) is 8.89. The van der Waals surface area contributed by atoms with Crippen LogP contribution in [-0.4, -0.2) is 14.2 Å². The molecule has 0 heterocycles. The van der Waals surface area contributed by atoms with Crippen molar-refractivity contribution in [1.29, 1.82) is 0 Å². The lowest BCUT2D eigenvalue weighted by Crippen LogP contribution is -2.17. The Morgan fingerprint density at radius 1 is 1.29 bits per heavy atom. The van der Waals surface area contributed by atoms with Crippen molar-refractivity contribution in [2.45, 2.75) is 18.9 Å². The first kappa shape index (κ1) is 9.53. The van der Waals surface area contributed by atoms with E-state index in [0.29, 0.717) is 6.04 Å². The largest absolute Gasteiger partial charge is 0.497 e. The number of nitrogens with one attached hydrogen (secondary N) is 1. The summed E-state index contributed by atoms with van der Waals surface area (Å²) in [5, 5.41) is 3.38. The lowest BCUT2D eigenvalue weighted by molar-refractivity contribution is 0.414. The molecule has 1 saturated carbocycles. The van der Waals surface area contributed by atoms with Gasteiger partial charge in [0.05, 0.1) is 7.11 Å². The van der Waals surface area contributed by atoms with Crippen LogP contribution in [-0.2, 0) is 0 Å². The minimum atomic E-state index is 0.529. The van der Waals surface area contributed by atoms with Crippen molar-refractivity contribution in [3.8, 4) is 5.75 Å². The summed E-state index contributed by atoms with van der Waals surface area (Å²) in [4.78, 5) is 0. The fourth-order valence-electron chi connectivity index (χ4n) is 1.92. The van der Waals surface area contributed by atoms with E-state index in [9.17, 15) is 0 Å². The first-order valence-corrected chi connectivity index (χ1v) is 5.16. The van der Waals surface area contributed by atoms with Gasteiger partial charge in [-0.2, -0.15) is 0 Å². The van der Waals surface area contributed by atoms with E-state index in [0.717, 1.165) is 11.7 Å². The number of benzene rings is 1. The molecule has 1 aliphatic rings. The van der Waals surface area contributed by atoms with Crippen LogP contribution in [0.25, 0.3) is 0 Å². The van der Waals surface area contributed by atoms with Gasteiger partial charge in [-0.05, 0) is 43.5 Å². The molecule has 2 rings (SSSR count). The monoisotopic (exact) mass is 191 g/mol. The van der Waals surface area contributed by atoms with E-state index in [1.54, 1.807) is 7.11 Å². The lowest BCUT2D eigenvalue weighted by Gasteiger charge is -2.15. The Balaban J connectivity index is 2.13. The summed E-state index contributed by atoms with van der Waals surface area (Å²) < 4.78 is 5.14. The predicted molar refractivity (Wildman–Crippen MR) is 57.5 cm³/mol. The van der Waals surface area contributed by atoms with Gasteiger partial charge in [0.1, 0.15) is 5.75 Å². The number of methoxy groups -OCH3 is 1. The van der Waals surface area contributed by atoms with Gasteiger partial charge in [0.25, 0.3) is 0 Å². The Morgan fingerprint density at radius 3 is 2.36 bits per heavy atom. The van der Waals surface area contributed by atoms with Crippen molar-refractivity contribution in [2.24, 2.45) is 5.92 Å². The second-order valence-corrected chi connectivity index (χ2v) is 3.88. The third-order valence-electron chi connectivity index (χ3n) is 2.88. The zero-order chi connectivity index (χ0) is 9.97. The SMILES string of the molecule is CN[C@H](c1ccc(OC)cc1)C1CC1. The molecular weight excluding hydrogens is 174 g/mol. The number of hydrogen-bond acceptors (Lipinski definition) is 2. The Bertz CT molecular complexity index is 290. The van der Waals surface area contributed by atoms with E-state index in [1.165, 1.54) is 18.4 Å². The van der Waals surface area contributed by atoms with Crippen molar-refractivity contribution >= 4 is 0 Å². The van der Waals surface area contributed by atoms with E-state index in [4.69, 9.17) is 4.74 Å². The molecule has 1 aromatic carbocycles. The Kier molecular flexibility index (Phi) is 2.73. The highest BCUT2D eigenvalue weighted by atomic mass is 16.5.